The van der Waals surface area contributed by atoms with Crippen molar-refractivity contribution in [2.45, 2.75) is 59.8 Å². The molecule has 1 aromatic rings. The van der Waals surface area contributed by atoms with Crippen LogP contribution in [0.1, 0.15) is 57.3 Å². The Balaban J connectivity index is 0. The third-order valence-electron chi connectivity index (χ3n) is 2.23. The van der Waals surface area contributed by atoms with Gasteiger partial charge in [-0.25, -0.2) is 0 Å². The monoisotopic (exact) mass is 265 g/mol. The van der Waals surface area contributed by atoms with E-state index in [0.29, 0.717) is 0 Å². The van der Waals surface area contributed by atoms with Crippen LogP contribution in [0.3, 0.4) is 0 Å². The minimum absolute atomic E-state index is 0. The number of nitrogens with zero attached hydrogens (tertiary/aromatic N) is 1. The minimum atomic E-state index is 0. The number of pyridine rings is 1. The molecule has 0 amide bonds. The van der Waals surface area contributed by atoms with Crippen molar-refractivity contribution in [2.24, 2.45) is 0 Å². The first-order chi connectivity index (χ1) is 7.20. The zero-order valence-electron chi connectivity index (χ0n) is 11.0. The molecule has 0 radical (unpaired) electrons. The fourth-order valence-electron chi connectivity index (χ4n) is 1.36. The van der Waals surface area contributed by atoms with Crippen LogP contribution < -0.4 is 0 Å². The van der Waals surface area contributed by atoms with E-state index in [-0.39, 0.29) is 16.5 Å². The predicted octanol–water partition coefficient (Wildman–Crippen LogP) is 4.67. The van der Waals surface area contributed by atoms with Crippen molar-refractivity contribution >= 4 is 0 Å². The SMILES string of the molecule is CCCCCCC.Cc1cccc(C)n1.[Ni]. The zero-order chi connectivity index (χ0) is 11.5. The van der Waals surface area contributed by atoms with Crippen molar-refractivity contribution in [1.29, 1.82) is 0 Å². The van der Waals surface area contributed by atoms with E-state index < -0.39 is 0 Å². The van der Waals surface area contributed by atoms with Gasteiger partial charge in [-0.15, -0.1) is 0 Å². The van der Waals surface area contributed by atoms with Gasteiger partial charge in [0.05, 0.1) is 0 Å². The van der Waals surface area contributed by atoms with E-state index >= 15 is 0 Å². The Labute approximate surface area is 111 Å². The van der Waals surface area contributed by atoms with Crippen LogP contribution in [0.5, 0.6) is 0 Å². The molecule has 0 aliphatic heterocycles. The maximum absolute atomic E-state index is 4.17. The standard InChI is InChI=1S/C7H9N.C7H16.Ni/c1-6-4-3-5-7(2)8-6;1-3-5-7-6-4-2;/h3-5H,1-2H3;3-7H2,1-2H3;. The van der Waals surface area contributed by atoms with Crippen LogP contribution in [0.15, 0.2) is 18.2 Å². The van der Waals surface area contributed by atoms with E-state index in [0.717, 1.165) is 11.4 Å². The minimum Gasteiger partial charge on any atom is -0.258 e. The average molecular weight is 266 g/mol. The van der Waals surface area contributed by atoms with E-state index in [1.54, 1.807) is 0 Å². The summed E-state index contributed by atoms with van der Waals surface area (Å²) < 4.78 is 0. The van der Waals surface area contributed by atoms with Crippen molar-refractivity contribution in [3.8, 4) is 0 Å². The fourth-order valence-corrected chi connectivity index (χ4v) is 1.36. The van der Waals surface area contributed by atoms with E-state index in [2.05, 4.69) is 18.8 Å². The molecule has 2 heteroatoms. The first kappa shape index (κ1) is 18.0. The van der Waals surface area contributed by atoms with Crippen LogP contribution in [0, 0.1) is 13.8 Å². The summed E-state index contributed by atoms with van der Waals surface area (Å²) in [4.78, 5) is 4.17. The van der Waals surface area contributed by atoms with Crippen LogP contribution in [-0.2, 0) is 16.5 Å². The van der Waals surface area contributed by atoms with Crippen LogP contribution in [0.25, 0.3) is 0 Å². The number of hydrogen-bond acceptors (Lipinski definition) is 1. The van der Waals surface area contributed by atoms with Crippen molar-refractivity contribution in [3.63, 3.8) is 0 Å². The van der Waals surface area contributed by atoms with Gasteiger partial charge in [0.2, 0.25) is 0 Å². The number of rotatable bonds is 4. The van der Waals surface area contributed by atoms with Crippen LogP contribution in [0.2, 0.25) is 0 Å². The third-order valence-corrected chi connectivity index (χ3v) is 2.23. The summed E-state index contributed by atoms with van der Waals surface area (Å²) in [5, 5.41) is 0. The van der Waals surface area contributed by atoms with Gasteiger partial charge in [-0.3, -0.25) is 4.98 Å². The van der Waals surface area contributed by atoms with Gasteiger partial charge in [-0.1, -0.05) is 52.0 Å². The molecule has 1 aromatic heterocycles. The van der Waals surface area contributed by atoms with Gasteiger partial charge in [-0.05, 0) is 26.0 Å². The quantitative estimate of drug-likeness (QED) is 0.569. The molecule has 0 aliphatic carbocycles. The second-order valence-corrected chi connectivity index (χ2v) is 3.98. The Hall–Kier alpha value is -0.356. The maximum Gasteiger partial charge on any atom is 0.0375 e. The smallest absolute Gasteiger partial charge is 0.0375 e. The maximum atomic E-state index is 4.17. The number of hydrogen-bond donors (Lipinski definition) is 0. The van der Waals surface area contributed by atoms with Crippen molar-refractivity contribution in [3.05, 3.63) is 29.6 Å². The van der Waals surface area contributed by atoms with Gasteiger partial charge in [0.15, 0.2) is 0 Å². The normalized spacial score (nSPS) is 8.75. The molecule has 0 unspecified atom stereocenters. The Bertz CT molecular complexity index is 227. The van der Waals surface area contributed by atoms with Gasteiger partial charge >= 0.3 is 0 Å². The molecular weight excluding hydrogens is 241 g/mol. The van der Waals surface area contributed by atoms with Crippen molar-refractivity contribution in [2.75, 3.05) is 0 Å². The van der Waals surface area contributed by atoms with E-state index in [1.165, 1.54) is 32.1 Å². The largest absolute Gasteiger partial charge is 0.258 e. The first-order valence-electron chi connectivity index (χ1n) is 6.11. The zero-order valence-corrected chi connectivity index (χ0v) is 12.0. The Morgan fingerprint density at radius 3 is 1.56 bits per heavy atom. The molecule has 0 aliphatic rings. The van der Waals surface area contributed by atoms with Gasteiger partial charge in [0.1, 0.15) is 0 Å². The molecule has 96 valence electrons. The van der Waals surface area contributed by atoms with Gasteiger partial charge in [0, 0.05) is 27.9 Å². The van der Waals surface area contributed by atoms with Gasteiger partial charge in [-0.2, -0.15) is 0 Å². The Morgan fingerprint density at radius 1 is 0.875 bits per heavy atom. The summed E-state index contributed by atoms with van der Waals surface area (Å²) in [5.41, 5.74) is 2.18. The molecule has 0 fully saturated rings. The fraction of sp³-hybridized carbons (Fsp3) is 0.643. The van der Waals surface area contributed by atoms with Gasteiger partial charge in [0.25, 0.3) is 0 Å². The predicted molar refractivity (Wildman–Crippen MR) is 68.1 cm³/mol. The van der Waals surface area contributed by atoms with Crippen LogP contribution in [0.4, 0.5) is 0 Å². The molecular formula is C14H25NNi. The summed E-state index contributed by atoms with van der Waals surface area (Å²) in [6.07, 6.45) is 7.01. The molecule has 0 N–H and O–H groups in total. The molecule has 0 atom stereocenters. The molecule has 1 nitrogen and oxygen atoms in total. The van der Waals surface area contributed by atoms with E-state index in [4.69, 9.17) is 0 Å². The first-order valence-corrected chi connectivity index (χ1v) is 6.11. The summed E-state index contributed by atoms with van der Waals surface area (Å²) in [5.74, 6) is 0. The molecule has 1 heterocycles. The molecule has 0 saturated heterocycles. The molecule has 0 bridgehead atoms. The second kappa shape index (κ2) is 12.7. The van der Waals surface area contributed by atoms with Crippen LogP contribution >= 0.6 is 0 Å². The summed E-state index contributed by atoms with van der Waals surface area (Å²) >= 11 is 0. The van der Waals surface area contributed by atoms with E-state index in [9.17, 15) is 0 Å². The van der Waals surface area contributed by atoms with Crippen molar-refractivity contribution in [1.82, 2.24) is 4.98 Å². The molecule has 0 saturated carbocycles. The van der Waals surface area contributed by atoms with Crippen LogP contribution in [-0.4, -0.2) is 4.98 Å². The second-order valence-electron chi connectivity index (χ2n) is 3.98. The summed E-state index contributed by atoms with van der Waals surface area (Å²) in [6.45, 7) is 8.48. The molecule has 0 aromatic carbocycles. The number of unbranched alkanes of at least 4 members (excludes halogenated alkanes) is 4. The van der Waals surface area contributed by atoms with Gasteiger partial charge < -0.3 is 0 Å². The summed E-state index contributed by atoms with van der Waals surface area (Å²) in [7, 11) is 0. The number of aromatic nitrogens is 1. The molecule has 16 heavy (non-hydrogen) atoms. The van der Waals surface area contributed by atoms with Crippen molar-refractivity contribution < 1.29 is 16.5 Å². The third kappa shape index (κ3) is 11.7. The topological polar surface area (TPSA) is 12.9 Å². The Morgan fingerprint density at radius 2 is 1.31 bits per heavy atom. The average Bonchev–Trinajstić information content (AvgIpc) is 2.19. The molecule has 1 rings (SSSR count). The van der Waals surface area contributed by atoms with E-state index in [1.807, 2.05) is 32.0 Å². The molecule has 0 spiro atoms. The Kier molecular flexibility index (Phi) is 14.3. The summed E-state index contributed by atoms with van der Waals surface area (Å²) in [6, 6.07) is 6.00. The number of aryl methyl sites for hydroxylation is 2.